The monoisotopic (exact) mass is 498 g/mol. The molecule has 8 nitrogen and oxygen atoms in total. The van der Waals surface area contributed by atoms with Crippen LogP contribution in [0.5, 0.6) is 0 Å². The number of anilines is 1. The van der Waals surface area contributed by atoms with E-state index in [1.54, 1.807) is 29.2 Å². The number of benzene rings is 2. The highest BCUT2D eigenvalue weighted by Gasteiger charge is 2.37. The van der Waals surface area contributed by atoms with Crippen molar-refractivity contribution in [3.63, 3.8) is 0 Å². The highest BCUT2D eigenvalue weighted by Crippen LogP contribution is 2.33. The molecule has 0 bridgehead atoms. The molecule has 5 rings (SSSR count). The van der Waals surface area contributed by atoms with E-state index in [-0.39, 0.29) is 12.5 Å². The van der Waals surface area contributed by atoms with E-state index < -0.39 is 11.8 Å². The van der Waals surface area contributed by atoms with Crippen LogP contribution in [0.2, 0.25) is 5.02 Å². The lowest BCUT2D eigenvalue weighted by molar-refractivity contribution is -0.119. The Labute approximate surface area is 205 Å². The van der Waals surface area contributed by atoms with Crippen LogP contribution in [-0.2, 0) is 9.53 Å². The number of amides is 3. The molecule has 2 aliphatic rings. The standard InChI is InChI=1S/C24H23ClN4O4S/c1-15-12-16(25)13-19-21(15)26-24(34-19)28(7-6-27-8-10-33-11-9-27)20(30)14-29-22(31)17-4-2-3-5-18(17)23(29)32/h2-5,12-13H,6-11,14H2,1H3. The zero-order valence-electron chi connectivity index (χ0n) is 18.6. The lowest BCUT2D eigenvalue weighted by atomic mass is 10.1. The Morgan fingerprint density at radius 2 is 1.82 bits per heavy atom. The van der Waals surface area contributed by atoms with Gasteiger partial charge in [0.15, 0.2) is 5.13 Å². The second-order valence-electron chi connectivity index (χ2n) is 8.31. The van der Waals surface area contributed by atoms with Gasteiger partial charge in [0, 0.05) is 31.2 Å². The molecule has 3 aromatic rings. The van der Waals surface area contributed by atoms with Crippen molar-refractivity contribution in [1.29, 1.82) is 0 Å². The van der Waals surface area contributed by atoms with Crippen molar-refractivity contribution in [2.45, 2.75) is 6.92 Å². The number of carbonyl (C=O) groups is 3. The minimum Gasteiger partial charge on any atom is -0.379 e. The van der Waals surface area contributed by atoms with Crippen LogP contribution < -0.4 is 4.90 Å². The van der Waals surface area contributed by atoms with Crippen molar-refractivity contribution < 1.29 is 19.1 Å². The van der Waals surface area contributed by atoms with Crippen molar-refractivity contribution in [3.8, 4) is 0 Å². The number of hydrogen-bond donors (Lipinski definition) is 0. The van der Waals surface area contributed by atoms with Gasteiger partial charge in [-0.05, 0) is 36.8 Å². The van der Waals surface area contributed by atoms with E-state index in [1.165, 1.54) is 11.3 Å². The molecule has 0 aliphatic carbocycles. The van der Waals surface area contributed by atoms with Crippen LogP contribution in [0, 0.1) is 6.92 Å². The smallest absolute Gasteiger partial charge is 0.262 e. The summed E-state index contributed by atoms with van der Waals surface area (Å²) in [6.07, 6.45) is 0. The molecule has 10 heteroatoms. The maximum atomic E-state index is 13.5. The second-order valence-corrected chi connectivity index (χ2v) is 9.75. The Hall–Kier alpha value is -2.85. The lowest BCUT2D eigenvalue weighted by Crippen LogP contribution is -2.47. The van der Waals surface area contributed by atoms with E-state index >= 15 is 0 Å². The number of imide groups is 1. The maximum absolute atomic E-state index is 13.5. The molecule has 2 aromatic carbocycles. The first-order valence-corrected chi connectivity index (χ1v) is 12.2. The molecule has 3 amide bonds. The Balaban J connectivity index is 1.42. The van der Waals surface area contributed by atoms with Crippen molar-refractivity contribution in [2.24, 2.45) is 0 Å². The topological polar surface area (TPSA) is 83.0 Å². The van der Waals surface area contributed by atoms with Crippen LogP contribution in [-0.4, -0.2) is 78.4 Å². The fourth-order valence-electron chi connectivity index (χ4n) is 4.25. The van der Waals surface area contributed by atoms with E-state index in [1.807, 2.05) is 19.1 Å². The average Bonchev–Trinajstić information content (AvgIpc) is 3.35. The van der Waals surface area contributed by atoms with Gasteiger partial charge < -0.3 is 4.74 Å². The number of ether oxygens (including phenoxy) is 1. The number of halogens is 1. The number of aromatic nitrogens is 1. The first kappa shape index (κ1) is 22.9. The molecule has 0 N–H and O–H groups in total. The van der Waals surface area contributed by atoms with Gasteiger partial charge in [0.2, 0.25) is 5.91 Å². The summed E-state index contributed by atoms with van der Waals surface area (Å²) in [5.41, 5.74) is 2.36. The van der Waals surface area contributed by atoms with E-state index in [9.17, 15) is 14.4 Å². The minimum absolute atomic E-state index is 0.324. The third-order valence-electron chi connectivity index (χ3n) is 6.09. The van der Waals surface area contributed by atoms with Gasteiger partial charge in [-0.1, -0.05) is 35.1 Å². The van der Waals surface area contributed by atoms with Crippen molar-refractivity contribution in [1.82, 2.24) is 14.8 Å². The van der Waals surface area contributed by atoms with E-state index in [4.69, 9.17) is 21.3 Å². The van der Waals surface area contributed by atoms with Gasteiger partial charge in [0.25, 0.3) is 11.8 Å². The molecule has 0 unspecified atom stereocenters. The van der Waals surface area contributed by atoms with Crippen LogP contribution in [0.1, 0.15) is 26.3 Å². The summed E-state index contributed by atoms with van der Waals surface area (Å²) >= 11 is 7.60. The zero-order valence-corrected chi connectivity index (χ0v) is 20.2. The summed E-state index contributed by atoms with van der Waals surface area (Å²) in [6, 6.07) is 10.3. The molecule has 0 radical (unpaired) electrons. The predicted octanol–water partition coefficient (Wildman–Crippen LogP) is 3.22. The molecular formula is C24H23ClN4O4S. The molecule has 0 saturated carbocycles. The summed E-state index contributed by atoms with van der Waals surface area (Å²) in [7, 11) is 0. The van der Waals surface area contributed by atoms with Crippen LogP contribution in [0.25, 0.3) is 10.2 Å². The molecule has 176 valence electrons. The Morgan fingerprint density at radius 3 is 2.50 bits per heavy atom. The fraction of sp³-hybridized carbons (Fsp3) is 0.333. The number of aryl methyl sites for hydroxylation is 1. The van der Waals surface area contributed by atoms with Gasteiger partial charge in [0.05, 0.1) is 34.6 Å². The molecule has 1 saturated heterocycles. The summed E-state index contributed by atoms with van der Waals surface area (Å²) in [6.45, 7) is 5.48. The van der Waals surface area contributed by atoms with Gasteiger partial charge >= 0.3 is 0 Å². The number of thiazole rings is 1. The van der Waals surface area contributed by atoms with Crippen molar-refractivity contribution >= 4 is 56.0 Å². The zero-order chi connectivity index (χ0) is 23.8. The number of rotatable bonds is 6. The van der Waals surface area contributed by atoms with Crippen LogP contribution in [0.3, 0.4) is 0 Å². The van der Waals surface area contributed by atoms with Crippen LogP contribution >= 0.6 is 22.9 Å². The Bertz CT molecular complexity index is 1250. The largest absolute Gasteiger partial charge is 0.379 e. The van der Waals surface area contributed by atoms with Crippen molar-refractivity contribution in [2.75, 3.05) is 50.8 Å². The van der Waals surface area contributed by atoms with Crippen LogP contribution in [0.15, 0.2) is 36.4 Å². The normalized spacial score (nSPS) is 16.4. The molecule has 3 heterocycles. The highest BCUT2D eigenvalue weighted by molar-refractivity contribution is 7.22. The predicted molar refractivity (Wildman–Crippen MR) is 131 cm³/mol. The number of carbonyl (C=O) groups excluding carboxylic acids is 3. The molecule has 0 spiro atoms. The molecule has 1 aromatic heterocycles. The third kappa shape index (κ3) is 4.32. The summed E-state index contributed by atoms with van der Waals surface area (Å²) < 4.78 is 6.30. The van der Waals surface area contributed by atoms with E-state index in [2.05, 4.69) is 4.90 Å². The first-order valence-electron chi connectivity index (χ1n) is 11.0. The van der Waals surface area contributed by atoms with E-state index in [0.717, 1.165) is 33.8 Å². The lowest BCUT2D eigenvalue weighted by Gasteiger charge is -2.29. The highest BCUT2D eigenvalue weighted by atomic mass is 35.5. The molecule has 2 aliphatic heterocycles. The molecular weight excluding hydrogens is 476 g/mol. The number of morpholine rings is 1. The van der Waals surface area contributed by atoms with Crippen molar-refractivity contribution in [3.05, 3.63) is 58.1 Å². The quantitative estimate of drug-likeness (QED) is 0.485. The average molecular weight is 499 g/mol. The fourth-order valence-corrected chi connectivity index (χ4v) is 5.72. The summed E-state index contributed by atoms with van der Waals surface area (Å²) in [5.74, 6) is -1.26. The number of nitrogens with zero attached hydrogens (tertiary/aromatic N) is 4. The van der Waals surface area contributed by atoms with Crippen LogP contribution in [0.4, 0.5) is 5.13 Å². The van der Waals surface area contributed by atoms with Gasteiger partial charge in [-0.15, -0.1) is 0 Å². The second kappa shape index (κ2) is 9.42. The van der Waals surface area contributed by atoms with E-state index in [0.29, 0.717) is 47.6 Å². The van der Waals surface area contributed by atoms with Gasteiger partial charge in [-0.2, -0.15) is 0 Å². The first-order chi connectivity index (χ1) is 16.4. The molecule has 1 fully saturated rings. The Kier molecular flexibility index (Phi) is 6.35. The van der Waals surface area contributed by atoms with Gasteiger partial charge in [0.1, 0.15) is 6.54 Å². The minimum atomic E-state index is -0.450. The van der Waals surface area contributed by atoms with Gasteiger partial charge in [-0.3, -0.25) is 29.1 Å². The molecule has 34 heavy (non-hydrogen) atoms. The van der Waals surface area contributed by atoms with Gasteiger partial charge in [-0.25, -0.2) is 4.98 Å². The maximum Gasteiger partial charge on any atom is 0.262 e. The number of hydrogen-bond acceptors (Lipinski definition) is 7. The SMILES string of the molecule is Cc1cc(Cl)cc2sc(N(CCN3CCOCC3)C(=O)CN3C(=O)c4ccccc4C3=O)nc12. The Morgan fingerprint density at radius 1 is 1.15 bits per heavy atom. The molecule has 0 atom stereocenters. The third-order valence-corrected chi connectivity index (χ3v) is 7.33. The summed E-state index contributed by atoms with van der Waals surface area (Å²) in [4.78, 5) is 48.7. The number of fused-ring (bicyclic) bond motifs is 2. The summed E-state index contributed by atoms with van der Waals surface area (Å²) in [5, 5.41) is 1.13.